The maximum Gasteiger partial charge on any atom is 1.00 e. The smallest absolute Gasteiger partial charge is 1.00 e. The van der Waals surface area contributed by atoms with Crippen molar-refractivity contribution in [1.82, 2.24) is 21.3 Å². The molecular formula is C64H76F2I2K4N8O26. The SMILES string of the molecule is CC1=C(C(=O)O)[C@@H](c2cccc([N+](=O)[O-])c2)CC(=O)N1.CC1=C(C(=O)O)[C@H](c2cccc([N+](=O)[O-])c2)CC(=O)N1.CCI.CCI.CCOC(=O)C1=C(C)NC(=O)C[C@@H]1c1cccc([N+](=O)[O-])c1.CCOC(=O)C1=C(C)NC(=O)C[C@H]1c1cccc([N+](=O)[O-])c1.O=CO[O-].O=CO[O-].[2H]CF.[2H]CF.[H-].[H-].[K+].[K+].[K+].[K+]. The van der Waals surface area contributed by atoms with E-state index in [-0.39, 0.29) is 329 Å². The van der Waals surface area contributed by atoms with Crippen LogP contribution in [0.15, 0.2) is 142 Å². The Kier molecular flexibility index (Phi) is 64.9. The number of benzene rings is 4. The fourth-order valence-corrected chi connectivity index (χ4v) is 9.69. The second-order valence-electron chi connectivity index (χ2n) is 19.8. The molecule has 0 spiro atoms. The van der Waals surface area contributed by atoms with Gasteiger partial charge in [-0.3, -0.25) is 78.0 Å². The van der Waals surface area contributed by atoms with Crippen molar-refractivity contribution in [3.8, 4) is 0 Å². The van der Waals surface area contributed by atoms with Gasteiger partial charge in [0.05, 0.1) is 72.2 Å². The summed E-state index contributed by atoms with van der Waals surface area (Å²) in [6.07, 6.45) is 0.0135. The number of allylic oxidation sites excluding steroid dienone is 4. The summed E-state index contributed by atoms with van der Waals surface area (Å²) in [4.78, 5) is 157. The van der Waals surface area contributed by atoms with Crippen LogP contribution in [0.4, 0.5) is 31.5 Å². The number of rotatable bonds is 16. The molecular weight excluding hydrogens is 1740 g/mol. The number of alkyl halides is 4. The van der Waals surface area contributed by atoms with E-state index in [2.05, 4.69) is 90.1 Å². The molecule has 34 nitrogen and oxygen atoms in total. The molecule has 0 saturated heterocycles. The van der Waals surface area contributed by atoms with Gasteiger partial charge in [-0.15, -0.1) is 0 Å². The van der Waals surface area contributed by atoms with Crippen LogP contribution in [0.1, 0.15) is 133 Å². The number of amides is 4. The van der Waals surface area contributed by atoms with E-state index < -0.39 is 81.5 Å². The van der Waals surface area contributed by atoms with E-state index in [1.54, 1.807) is 52.0 Å². The summed E-state index contributed by atoms with van der Waals surface area (Å²) in [5.74, 6) is -6.84. The molecule has 4 aromatic rings. The Morgan fingerprint density at radius 1 is 0.481 bits per heavy atom. The number of esters is 2. The van der Waals surface area contributed by atoms with Crippen LogP contribution in [0.5, 0.6) is 0 Å². The third kappa shape index (κ3) is 40.2. The van der Waals surface area contributed by atoms with Crippen LogP contribution >= 0.6 is 45.2 Å². The van der Waals surface area contributed by atoms with Gasteiger partial charge in [0.2, 0.25) is 23.6 Å². The van der Waals surface area contributed by atoms with Gasteiger partial charge < -0.3 is 64.1 Å². The molecule has 4 aliphatic rings. The molecule has 4 aromatic carbocycles. The number of carboxylic acids is 2. The van der Waals surface area contributed by atoms with Crippen molar-refractivity contribution in [2.45, 2.75) is 105 Å². The Morgan fingerprint density at radius 3 is 0.821 bits per heavy atom. The van der Waals surface area contributed by atoms with E-state index >= 15 is 0 Å². The van der Waals surface area contributed by atoms with E-state index in [4.69, 9.17) is 32.3 Å². The number of nitrogens with zero attached hydrogens (tertiary/aromatic N) is 4. The van der Waals surface area contributed by atoms with Crippen LogP contribution in [0.25, 0.3) is 0 Å². The number of carbonyl (C=O) groups excluding carboxylic acids is 8. The molecule has 4 heterocycles. The summed E-state index contributed by atoms with van der Waals surface area (Å²) in [6.45, 7) is 13.9. The molecule has 4 amide bonds. The predicted octanol–water partition coefficient (Wildman–Crippen LogP) is -3.65. The van der Waals surface area contributed by atoms with Crippen molar-refractivity contribution in [3.05, 3.63) is 205 Å². The summed E-state index contributed by atoms with van der Waals surface area (Å²) in [7, 11) is -2.00. The fraction of sp³-hybridized carbons (Fsp3) is 0.344. The number of carboxylic acid groups (broad SMARTS) is 2. The molecule has 8 rings (SSSR count). The van der Waals surface area contributed by atoms with Gasteiger partial charge in [0.1, 0.15) is 0 Å². The normalized spacial score (nSPS) is 15.6. The van der Waals surface area contributed by atoms with Crippen LogP contribution in [0, 0.1) is 40.5 Å². The average molecular weight is 1820 g/mol. The van der Waals surface area contributed by atoms with E-state index in [1.807, 2.05) is 0 Å². The number of aliphatic carboxylic acids is 2. The van der Waals surface area contributed by atoms with Gasteiger partial charge in [0.25, 0.3) is 35.7 Å². The van der Waals surface area contributed by atoms with Gasteiger partial charge in [-0.25, -0.2) is 19.2 Å². The first-order valence-electron chi connectivity index (χ1n) is 30.7. The first kappa shape index (κ1) is 108. The molecule has 6 N–H and O–H groups in total. The van der Waals surface area contributed by atoms with E-state index in [9.17, 15) is 97.8 Å². The van der Waals surface area contributed by atoms with Crippen molar-refractivity contribution in [1.29, 1.82) is 0 Å². The molecule has 0 radical (unpaired) electrons. The van der Waals surface area contributed by atoms with Gasteiger partial charge in [0.15, 0.2) is 0 Å². The molecule has 0 unspecified atom stereocenters. The number of carbonyl (C=O) groups is 10. The minimum absolute atomic E-state index is 0. The number of hydrogen-bond donors (Lipinski definition) is 6. The standard InChI is InChI=1S/2C15H16N2O5.2C13H12N2O5.2C2H5I.2CH3F.2CH2O3.4K.2H/c2*1-3-22-15(19)14-9(2)16-13(18)8-12(14)10-5-4-6-11(7-10)17(20)21;2*1-7-12(13(17)18)10(6-11(16)14-7)8-3-2-4-9(5-8)15(19)20;2*1-2-3;2*1-2;2*2-1-4-3;;;;;;/h2*4-7,12H,3,8H2,1-2H3,(H,16,18);2*2-5,10H,6H2,1H3,(H,14,16)(H,17,18);2*2H2,1H3;2*1H3;2*1,3H;;;;;;/q;;;;;;;;;;4*+1;2*-1/p-2/t2*12-;2*10-;;;;;;;;;;;;/m1010............/s1/i;;;;;;2*1D;;;;;;;;. The maximum absolute atomic E-state index is 12.2. The predicted molar refractivity (Wildman–Crippen MR) is 373 cm³/mol. The van der Waals surface area contributed by atoms with Gasteiger partial charge >= 0.3 is 229 Å². The van der Waals surface area contributed by atoms with Gasteiger partial charge in [0, 0.05) is 121 Å². The summed E-state index contributed by atoms with van der Waals surface area (Å²) in [5, 5.41) is 88.9. The van der Waals surface area contributed by atoms with Crippen LogP contribution in [0.3, 0.4) is 0 Å². The fourth-order valence-electron chi connectivity index (χ4n) is 9.69. The third-order valence-corrected chi connectivity index (χ3v) is 13.3. The summed E-state index contributed by atoms with van der Waals surface area (Å²) in [6, 6.07) is 23.3. The Labute approximate surface area is 810 Å². The van der Waals surface area contributed by atoms with Crippen molar-refractivity contribution in [2.75, 3.05) is 36.4 Å². The van der Waals surface area contributed by atoms with E-state index in [0.29, 0.717) is 44.8 Å². The van der Waals surface area contributed by atoms with Gasteiger partial charge in [-0.1, -0.05) is 108 Å². The Morgan fingerprint density at radius 2 is 0.660 bits per heavy atom. The van der Waals surface area contributed by atoms with E-state index in [0.717, 1.165) is 0 Å². The Hall–Kier alpha value is -4.07. The average Bonchev–Trinajstić information content (AvgIpc) is 0.803. The molecule has 0 aromatic heterocycles. The van der Waals surface area contributed by atoms with Crippen LogP contribution in [-0.2, 0) is 67.2 Å². The van der Waals surface area contributed by atoms with Gasteiger partial charge in [-0.05, 0) is 72.7 Å². The zero-order valence-corrected chi connectivity index (χ0v) is 76.6. The Balaban J connectivity index is -0.000000191. The van der Waals surface area contributed by atoms with Crippen LogP contribution in [0.2, 0.25) is 0 Å². The number of nitro groups is 4. The maximum atomic E-state index is 12.2. The molecule has 0 bridgehead atoms. The number of halogens is 4. The largest absolute Gasteiger partial charge is 1.00 e. The molecule has 106 heavy (non-hydrogen) atoms. The van der Waals surface area contributed by atoms with Crippen molar-refractivity contribution in [2.24, 2.45) is 0 Å². The summed E-state index contributed by atoms with van der Waals surface area (Å²) in [5.41, 5.74) is 3.75. The third-order valence-electron chi connectivity index (χ3n) is 13.3. The summed E-state index contributed by atoms with van der Waals surface area (Å²) < 4.78 is 43.5. The number of nitrogens with one attached hydrogen (secondary N) is 4. The van der Waals surface area contributed by atoms with E-state index in [1.165, 1.54) is 95.5 Å². The first-order chi connectivity index (χ1) is 49.1. The zero-order chi connectivity index (χ0) is 79.9. The number of nitro benzene ring substituents is 4. The van der Waals surface area contributed by atoms with Gasteiger partial charge in [-0.2, -0.15) is 0 Å². The zero-order valence-electron chi connectivity index (χ0n) is 63.8. The molecule has 0 fully saturated rings. The molecule has 560 valence electrons. The summed E-state index contributed by atoms with van der Waals surface area (Å²) >= 11 is 4.58. The van der Waals surface area contributed by atoms with Crippen molar-refractivity contribution >= 4 is 128 Å². The molecule has 4 atom stereocenters. The first-order valence-corrected chi connectivity index (χ1v) is 32.3. The minimum atomic E-state index is -1.14. The number of hydrogen-bond acceptors (Lipinski definition) is 24. The van der Waals surface area contributed by atoms with Crippen LogP contribution < -0.4 is 237 Å². The molecule has 0 saturated carbocycles. The number of non-ortho nitro benzene ring substituents is 4. The van der Waals surface area contributed by atoms with Crippen molar-refractivity contribution < 1.29 is 328 Å². The monoisotopic (exact) mass is 1820 g/mol. The number of ether oxygens (including phenoxy) is 2. The van der Waals surface area contributed by atoms with Crippen LogP contribution in [-0.4, -0.2) is 127 Å². The quantitative estimate of drug-likeness (QED) is 0.00921. The topological polar surface area (TPSA) is 515 Å². The van der Waals surface area contributed by atoms with Crippen molar-refractivity contribution in [3.63, 3.8) is 0 Å². The Bertz CT molecular complexity index is 3580. The second-order valence-corrected chi connectivity index (χ2v) is 22.8. The minimum Gasteiger partial charge on any atom is -1.00 e. The molecule has 4 aliphatic heterocycles. The molecule has 0 aliphatic carbocycles. The molecule has 42 heteroatoms. The second kappa shape index (κ2) is 63.6.